The van der Waals surface area contributed by atoms with Crippen molar-refractivity contribution in [2.24, 2.45) is 0 Å². The highest BCUT2D eigenvalue weighted by molar-refractivity contribution is 7.99. The molecule has 0 aliphatic carbocycles. The summed E-state index contributed by atoms with van der Waals surface area (Å²) in [6.07, 6.45) is 3.39. The third-order valence-corrected chi connectivity index (χ3v) is 5.51. The molecule has 0 saturated carbocycles. The first-order chi connectivity index (χ1) is 15.2. The van der Waals surface area contributed by atoms with Gasteiger partial charge >= 0.3 is 0 Å². The van der Waals surface area contributed by atoms with Crippen LogP contribution in [0.25, 0.3) is 11.5 Å². The van der Waals surface area contributed by atoms with Crippen LogP contribution in [0.1, 0.15) is 11.3 Å². The van der Waals surface area contributed by atoms with Crippen molar-refractivity contribution in [2.45, 2.75) is 12.3 Å². The van der Waals surface area contributed by atoms with Crippen molar-refractivity contribution < 1.29 is 9.21 Å². The second-order valence-corrected chi connectivity index (χ2v) is 7.90. The number of nitrogens with one attached hydrogen (secondary N) is 1. The van der Waals surface area contributed by atoms with Gasteiger partial charge in [-0.15, -0.1) is 11.8 Å². The van der Waals surface area contributed by atoms with E-state index in [9.17, 15) is 9.59 Å². The van der Waals surface area contributed by atoms with E-state index in [1.165, 1.54) is 17.8 Å². The van der Waals surface area contributed by atoms with E-state index in [4.69, 9.17) is 4.42 Å². The van der Waals surface area contributed by atoms with E-state index in [1.807, 2.05) is 60.7 Å². The fourth-order valence-electron chi connectivity index (χ4n) is 3.01. The Bertz CT molecular complexity index is 1200. The second-order valence-electron chi connectivity index (χ2n) is 6.91. The summed E-state index contributed by atoms with van der Waals surface area (Å²) in [7, 11) is 0. The van der Waals surface area contributed by atoms with Gasteiger partial charge in [0, 0.05) is 29.3 Å². The number of carbonyl (C=O) groups excluding carboxylic acids is 1. The van der Waals surface area contributed by atoms with Gasteiger partial charge in [-0.3, -0.25) is 9.59 Å². The number of carbonyl (C=O) groups is 1. The van der Waals surface area contributed by atoms with Crippen molar-refractivity contribution in [3.8, 4) is 11.5 Å². The predicted octanol–water partition coefficient (Wildman–Crippen LogP) is 4.42. The molecule has 2 aromatic carbocycles. The van der Waals surface area contributed by atoms with Crippen LogP contribution in [0.3, 0.4) is 0 Å². The number of hydrogen-bond donors (Lipinski definition) is 1. The van der Waals surface area contributed by atoms with Crippen LogP contribution in [0.15, 0.2) is 94.5 Å². The Morgan fingerprint density at radius 3 is 2.55 bits per heavy atom. The molecular weight excluding hydrogens is 410 g/mol. The van der Waals surface area contributed by atoms with E-state index in [-0.39, 0.29) is 11.5 Å². The van der Waals surface area contributed by atoms with Gasteiger partial charge in [-0.2, -0.15) is 0 Å². The molecule has 2 heterocycles. The first-order valence-electron chi connectivity index (χ1n) is 9.79. The van der Waals surface area contributed by atoms with Crippen LogP contribution >= 0.6 is 11.8 Å². The van der Waals surface area contributed by atoms with Gasteiger partial charge in [0.2, 0.25) is 11.8 Å². The molecule has 0 fully saturated rings. The molecule has 4 aromatic rings. The standard InChI is InChI=1S/C24H21N3O3S/c28-22(17-31-16-21-15-30-24(26-21)19-6-2-1-3-7-19)25-20-11-9-18(10-12-20)14-27-13-5-4-8-23(27)29/h1-13,15H,14,16-17H2,(H,25,28). The summed E-state index contributed by atoms with van der Waals surface area (Å²) >= 11 is 1.48. The molecular formula is C24H21N3O3S. The SMILES string of the molecule is O=C(CSCc1coc(-c2ccccc2)n1)Nc1ccc(Cn2ccccc2=O)cc1. The number of amides is 1. The minimum absolute atomic E-state index is 0.0418. The summed E-state index contributed by atoms with van der Waals surface area (Å²) in [5.74, 6) is 1.41. The Kier molecular flexibility index (Phi) is 6.64. The molecule has 0 bridgehead atoms. The van der Waals surface area contributed by atoms with Crippen molar-refractivity contribution in [2.75, 3.05) is 11.1 Å². The van der Waals surface area contributed by atoms with E-state index < -0.39 is 0 Å². The Morgan fingerprint density at radius 2 is 1.77 bits per heavy atom. The molecule has 0 aliphatic rings. The lowest BCUT2D eigenvalue weighted by molar-refractivity contribution is -0.113. The minimum atomic E-state index is -0.0798. The van der Waals surface area contributed by atoms with Crippen LogP contribution in [0, 0.1) is 0 Å². The van der Waals surface area contributed by atoms with Crippen molar-refractivity contribution in [1.29, 1.82) is 0 Å². The number of thioether (sulfide) groups is 1. The molecule has 1 N–H and O–H groups in total. The fourth-order valence-corrected chi connectivity index (χ4v) is 3.71. The van der Waals surface area contributed by atoms with Crippen LogP contribution in [-0.4, -0.2) is 21.2 Å². The van der Waals surface area contributed by atoms with Gasteiger partial charge in [0.05, 0.1) is 18.0 Å². The topological polar surface area (TPSA) is 77.1 Å². The first kappa shape index (κ1) is 20.7. The lowest BCUT2D eigenvalue weighted by Gasteiger charge is -2.08. The van der Waals surface area contributed by atoms with E-state index >= 15 is 0 Å². The highest BCUT2D eigenvalue weighted by Crippen LogP contribution is 2.20. The van der Waals surface area contributed by atoms with Crippen LogP contribution in [0.2, 0.25) is 0 Å². The fraction of sp³-hybridized carbons (Fsp3) is 0.125. The molecule has 0 radical (unpaired) electrons. The lowest BCUT2D eigenvalue weighted by atomic mass is 10.2. The smallest absolute Gasteiger partial charge is 0.250 e. The molecule has 156 valence electrons. The lowest BCUT2D eigenvalue weighted by Crippen LogP contribution is -2.18. The monoisotopic (exact) mass is 431 g/mol. The zero-order chi connectivity index (χ0) is 21.5. The summed E-state index contributed by atoms with van der Waals surface area (Å²) in [5.41, 5.74) is 3.40. The predicted molar refractivity (Wildman–Crippen MR) is 123 cm³/mol. The van der Waals surface area contributed by atoms with Gasteiger partial charge in [0.15, 0.2) is 0 Å². The minimum Gasteiger partial charge on any atom is -0.444 e. The molecule has 6 nitrogen and oxygen atoms in total. The van der Waals surface area contributed by atoms with Crippen LogP contribution in [-0.2, 0) is 17.1 Å². The average Bonchev–Trinajstić information content (AvgIpc) is 3.26. The van der Waals surface area contributed by atoms with Crippen LogP contribution in [0.4, 0.5) is 5.69 Å². The number of anilines is 1. The van der Waals surface area contributed by atoms with Crippen molar-refractivity contribution in [3.63, 3.8) is 0 Å². The highest BCUT2D eigenvalue weighted by Gasteiger charge is 2.08. The normalized spacial score (nSPS) is 10.7. The summed E-state index contributed by atoms with van der Waals surface area (Å²) in [4.78, 5) is 28.5. The zero-order valence-corrected chi connectivity index (χ0v) is 17.5. The maximum Gasteiger partial charge on any atom is 0.250 e. The number of aromatic nitrogens is 2. The zero-order valence-electron chi connectivity index (χ0n) is 16.7. The Morgan fingerprint density at radius 1 is 1.00 bits per heavy atom. The van der Waals surface area contributed by atoms with Crippen molar-refractivity contribution in [1.82, 2.24) is 9.55 Å². The van der Waals surface area contributed by atoms with Gasteiger partial charge in [-0.1, -0.05) is 36.4 Å². The molecule has 1 amide bonds. The van der Waals surface area contributed by atoms with Crippen LogP contribution in [0.5, 0.6) is 0 Å². The largest absolute Gasteiger partial charge is 0.444 e. The van der Waals surface area contributed by atoms with E-state index in [2.05, 4.69) is 10.3 Å². The Hall–Kier alpha value is -3.58. The summed E-state index contributed by atoms with van der Waals surface area (Å²) in [6.45, 7) is 0.492. The number of benzene rings is 2. The first-order valence-corrected chi connectivity index (χ1v) is 10.9. The quantitative estimate of drug-likeness (QED) is 0.447. The molecule has 2 aromatic heterocycles. The van der Waals surface area contributed by atoms with Gasteiger partial charge in [0.25, 0.3) is 5.56 Å². The molecule has 4 rings (SSSR count). The van der Waals surface area contributed by atoms with E-state index in [1.54, 1.807) is 23.1 Å². The van der Waals surface area contributed by atoms with E-state index in [0.717, 1.165) is 22.5 Å². The maximum atomic E-state index is 12.2. The number of pyridine rings is 1. The van der Waals surface area contributed by atoms with Gasteiger partial charge in [-0.05, 0) is 35.9 Å². The number of nitrogens with zero attached hydrogens (tertiary/aromatic N) is 2. The third kappa shape index (κ3) is 5.73. The average molecular weight is 432 g/mol. The summed E-state index contributed by atoms with van der Waals surface area (Å²) in [5, 5.41) is 2.89. The summed E-state index contributed by atoms with van der Waals surface area (Å²) in [6, 6.07) is 22.3. The Balaban J connectivity index is 1.24. The molecule has 0 unspecified atom stereocenters. The number of rotatable bonds is 8. The van der Waals surface area contributed by atoms with Crippen molar-refractivity contribution in [3.05, 3.63) is 107 Å². The highest BCUT2D eigenvalue weighted by atomic mass is 32.2. The third-order valence-electron chi connectivity index (χ3n) is 4.55. The van der Waals surface area contributed by atoms with Gasteiger partial charge in [0.1, 0.15) is 6.26 Å². The Labute approximate surface area is 184 Å². The van der Waals surface area contributed by atoms with Gasteiger partial charge < -0.3 is 14.3 Å². The molecule has 31 heavy (non-hydrogen) atoms. The molecule has 0 atom stereocenters. The summed E-state index contributed by atoms with van der Waals surface area (Å²) < 4.78 is 7.15. The molecule has 7 heteroatoms. The molecule has 0 aliphatic heterocycles. The van der Waals surface area contributed by atoms with Gasteiger partial charge in [-0.25, -0.2) is 4.98 Å². The number of oxazole rings is 1. The maximum absolute atomic E-state index is 12.2. The van der Waals surface area contributed by atoms with E-state index in [0.29, 0.717) is 23.9 Å². The second kappa shape index (κ2) is 9.95. The molecule has 0 spiro atoms. The number of hydrogen-bond acceptors (Lipinski definition) is 5. The van der Waals surface area contributed by atoms with Crippen LogP contribution < -0.4 is 10.9 Å². The molecule has 0 saturated heterocycles. The van der Waals surface area contributed by atoms with Crippen molar-refractivity contribution >= 4 is 23.4 Å².